The molecule has 1 aliphatic heterocycles. The maximum absolute atomic E-state index is 12.6. The number of carboxylic acids is 1. The third-order valence-electron chi connectivity index (χ3n) is 3.84. The number of aliphatic carboxylic acids is 1. The van der Waals surface area contributed by atoms with E-state index >= 15 is 0 Å². The summed E-state index contributed by atoms with van der Waals surface area (Å²) in [6, 6.07) is 5.57. The van der Waals surface area contributed by atoms with E-state index in [-0.39, 0.29) is 5.91 Å². The molecule has 2 N–H and O–H groups in total. The Bertz CT molecular complexity index is 552. The van der Waals surface area contributed by atoms with Gasteiger partial charge in [0.2, 0.25) is 0 Å². The van der Waals surface area contributed by atoms with E-state index in [0.29, 0.717) is 12.1 Å². The van der Waals surface area contributed by atoms with Crippen LogP contribution >= 0.6 is 0 Å². The van der Waals surface area contributed by atoms with Crippen LogP contribution in [0.15, 0.2) is 18.2 Å². The second-order valence-corrected chi connectivity index (χ2v) is 5.50. The predicted octanol–water partition coefficient (Wildman–Crippen LogP) is 1.62. The molecule has 2 rings (SSSR count). The Balaban J connectivity index is 2.32. The number of carboxylic acid groups (broad SMARTS) is 1. The standard InChI is InChI=1S/C15H20N2O3/c1-4-17(15(2,3)14(19)20)13(18)10-5-6-11-8-16-9-12(11)7-10/h5-7,16H,4,8-9H2,1-3H3,(H,19,20). The van der Waals surface area contributed by atoms with E-state index < -0.39 is 11.5 Å². The zero-order valence-electron chi connectivity index (χ0n) is 12.1. The summed E-state index contributed by atoms with van der Waals surface area (Å²) in [6.45, 7) is 6.81. The predicted molar refractivity (Wildman–Crippen MR) is 75.4 cm³/mol. The summed E-state index contributed by atoms with van der Waals surface area (Å²) < 4.78 is 0. The highest BCUT2D eigenvalue weighted by Crippen LogP contribution is 2.22. The van der Waals surface area contributed by atoms with Crippen LogP contribution in [-0.4, -0.2) is 34.0 Å². The number of nitrogens with zero attached hydrogens (tertiary/aromatic N) is 1. The number of likely N-dealkylation sites (N-methyl/N-ethyl adjacent to an activating group) is 1. The summed E-state index contributed by atoms with van der Waals surface area (Å²) in [4.78, 5) is 25.3. The summed E-state index contributed by atoms with van der Waals surface area (Å²) in [7, 11) is 0. The first-order valence-corrected chi connectivity index (χ1v) is 6.75. The van der Waals surface area contributed by atoms with Gasteiger partial charge < -0.3 is 15.3 Å². The molecular formula is C15H20N2O3. The molecule has 0 radical (unpaired) electrons. The molecule has 1 aromatic rings. The van der Waals surface area contributed by atoms with Gasteiger partial charge >= 0.3 is 5.97 Å². The van der Waals surface area contributed by atoms with Gasteiger partial charge in [-0.05, 0) is 44.0 Å². The Morgan fingerprint density at radius 1 is 1.30 bits per heavy atom. The molecule has 1 amide bonds. The van der Waals surface area contributed by atoms with Gasteiger partial charge in [-0.2, -0.15) is 0 Å². The normalized spacial score (nSPS) is 13.9. The van der Waals surface area contributed by atoms with Crippen LogP contribution in [0.3, 0.4) is 0 Å². The van der Waals surface area contributed by atoms with E-state index in [0.717, 1.165) is 18.7 Å². The van der Waals surface area contributed by atoms with Crippen LogP contribution in [0.4, 0.5) is 0 Å². The molecule has 1 aliphatic rings. The van der Waals surface area contributed by atoms with Crippen LogP contribution in [0.25, 0.3) is 0 Å². The van der Waals surface area contributed by atoms with Crippen LogP contribution in [0, 0.1) is 0 Å². The number of fused-ring (bicyclic) bond motifs is 1. The van der Waals surface area contributed by atoms with E-state index in [9.17, 15) is 14.7 Å². The van der Waals surface area contributed by atoms with Crippen LogP contribution in [0.5, 0.6) is 0 Å². The molecule has 0 unspecified atom stereocenters. The first-order valence-electron chi connectivity index (χ1n) is 6.75. The lowest BCUT2D eigenvalue weighted by molar-refractivity contribution is -0.147. The second kappa shape index (κ2) is 5.25. The van der Waals surface area contributed by atoms with E-state index in [1.165, 1.54) is 10.5 Å². The van der Waals surface area contributed by atoms with Gasteiger partial charge in [0, 0.05) is 25.2 Å². The minimum absolute atomic E-state index is 0.241. The van der Waals surface area contributed by atoms with Gasteiger partial charge in [0.1, 0.15) is 5.54 Å². The number of hydrogen-bond acceptors (Lipinski definition) is 3. The molecule has 0 fully saturated rings. The number of hydrogen-bond donors (Lipinski definition) is 2. The van der Waals surface area contributed by atoms with Gasteiger partial charge in [0.25, 0.3) is 5.91 Å². The number of carbonyl (C=O) groups excluding carboxylic acids is 1. The minimum Gasteiger partial charge on any atom is -0.480 e. The van der Waals surface area contributed by atoms with Crippen molar-refractivity contribution in [1.82, 2.24) is 10.2 Å². The average molecular weight is 276 g/mol. The molecule has 0 spiro atoms. The van der Waals surface area contributed by atoms with Gasteiger partial charge in [0.15, 0.2) is 0 Å². The lowest BCUT2D eigenvalue weighted by Gasteiger charge is -2.34. The third-order valence-corrected chi connectivity index (χ3v) is 3.84. The van der Waals surface area contributed by atoms with E-state index in [1.807, 2.05) is 12.1 Å². The van der Waals surface area contributed by atoms with Crippen molar-refractivity contribution in [2.45, 2.75) is 39.4 Å². The minimum atomic E-state index is -1.22. The van der Waals surface area contributed by atoms with Gasteiger partial charge in [0.05, 0.1) is 0 Å². The van der Waals surface area contributed by atoms with Crippen molar-refractivity contribution in [3.63, 3.8) is 0 Å². The largest absolute Gasteiger partial charge is 0.480 e. The number of carbonyl (C=O) groups is 2. The maximum Gasteiger partial charge on any atom is 0.329 e. The Hall–Kier alpha value is -1.88. The number of rotatable bonds is 4. The molecule has 20 heavy (non-hydrogen) atoms. The molecule has 0 bridgehead atoms. The Morgan fingerprint density at radius 2 is 1.95 bits per heavy atom. The highest BCUT2D eigenvalue weighted by Gasteiger charge is 2.37. The van der Waals surface area contributed by atoms with E-state index in [1.54, 1.807) is 26.8 Å². The highest BCUT2D eigenvalue weighted by molar-refractivity contribution is 5.97. The van der Waals surface area contributed by atoms with Crippen LogP contribution in [0.2, 0.25) is 0 Å². The van der Waals surface area contributed by atoms with Crippen molar-refractivity contribution < 1.29 is 14.7 Å². The van der Waals surface area contributed by atoms with Crippen LogP contribution < -0.4 is 5.32 Å². The van der Waals surface area contributed by atoms with Crippen molar-refractivity contribution in [1.29, 1.82) is 0 Å². The summed E-state index contributed by atoms with van der Waals surface area (Å²) in [5.41, 5.74) is 1.63. The summed E-state index contributed by atoms with van der Waals surface area (Å²) in [5.74, 6) is -1.25. The van der Waals surface area contributed by atoms with Gasteiger partial charge in [-0.25, -0.2) is 4.79 Å². The monoisotopic (exact) mass is 276 g/mol. The zero-order chi connectivity index (χ0) is 14.9. The third kappa shape index (κ3) is 2.41. The lowest BCUT2D eigenvalue weighted by atomic mass is 10.00. The second-order valence-electron chi connectivity index (χ2n) is 5.50. The first-order chi connectivity index (χ1) is 9.37. The molecule has 5 nitrogen and oxygen atoms in total. The molecule has 0 atom stereocenters. The van der Waals surface area contributed by atoms with Crippen molar-refractivity contribution in [2.75, 3.05) is 6.54 Å². The zero-order valence-corrected chi connectivity index (χ0v) is 12.1. The van der Waals surface area contributed by atoms with Crippen LogP contribution in [0.1, 0.15) is 42.3 Å². The van der Waals surface area contributed by atoms with Gasteiger partial charge in [-0.1, -0.05) is 6.07 Å². The molecule has 0 saturated carbocycles. The van der Waals surface area contributed by atoms with E-state index in [4.69, 9.17) is 0 Å². The SMILES string of the molecule is CCN(C(=O)c1ccc2c(c1)CNC2)C(C)(C)C(=O)O. The number of benzene rings is 1. The highest BCUT2D eigenvalue weighted by atomic mass is 16.4. The smallest absolute Gasteiger partial charge is 0.329 e. The fourth-order valence-electron chi connectivity index (χ4n) is 2.49. The number of nitrogens with one attached hydrogen (secondary N) is 1. The van der Waals surface area contributed by atoms with Gasteiger partial charge in [-0.15, -0.1) is 0 Å². The van der Waals surface area contributed by atoms with Crippen molar-refractivity contribution in [2.24, 2.45) is 0 Å². The fraction of sp³-hybridized carbons (Fsp3) is 0.467. The molecule has 1 heterocycles. The molecular weight excluding hydrogens is 256 g/mol. The molecule has 0 aromatic heterocycles. The summed E-state index contributed by atoms with van der Waals surface area (Å²) in [5, 5.41) is 12.5. The maximum atomic E-state index is 12.6. The number of amides is 1. The van der Waals surface area contributed by atoms with E-state index in [2.05, 4.69) is 5.32 Å². The quantitative estimate of drug-likeness (QED) is 0.876. The Labute approximate surface area is 118 Å². The van der Waals surface area contributed by atoms with Crippen LogP contribution in [-0.2, 0) is 17.9 Å². The van der Waals surface area contributed by atoms with Gasteiger partial charge in [-0.3, -0.25) is 4.79 Å². The molecule has 0 aliphatic carbocycles. The molecule has 108 valence electrons. The molecule has 0 saturated heterocycles. The Morgan fingerprint density at radius 3 is 2.55 bits per heavy atom. The average Bonchev–Trinajstić information content (AvgIpc) is 2.85. The summed E-state index contributed by atoms with van der Waals surface area (Å²) in [6.07, 6.45) is 0. The molecule has 1 aromatic carbocycles. The van der Waals surface area contributed by atoms with Crippen molar-refractivity contribution in [3.05, 3.63) is 34.9 Å². The van der Waals surface area contributed by atoms with Crippen molar-refractivity contribution >= 4 is 11.9 Å². The molecule has 5 heteroatoms. The topological polar surface area (TPSA) is 69.6 Å². The fourth-order valence-corrected chi connectivity index (χ4v) is 2.49. The summed E-state index contributed by atoms with van der Waals surface area (Å²) >= 11 is 0. The Kier molecular flexibility index (Phi) is 3.81. The first kappa shape index (κ1) is 14.5. The van der Waals surface area contributed by atoms with Crippen molar-refractivity contribution in [3.8, 4) is 0 Å². The lowest BCUT2D eigenvalue weighted by Crippen LogP contribution is -2.52.